The second kappa shape index (κ2) is 7.32. The van der Waals surface area contributed by atoms with Crippen LogP contribution >= 0.6 is 0 Å². The molecule has 0 aromatic heterocycles. The largest absolute Gasteiger partial charge is 0.497 e. The van der Waals surface area contributed by atoms with Crippen LogP contribution in [-0.4, -0.2) is 56.4 Å². The molecule has 5 heteroatoms. The van der Waals surface area contributed by atoms with Crippen LogP contribution in [0.1, 0.15) is 24.8 Å². The number of aryl methyl sites for hydroxylation is 1. The third-order valence-electron chi connectivity index (χ3n) is 4.92. The molecule has 1 saturated carbocycles. The van der Waals surface area contributed by atoms with Gasteiger partial charge in [-0.05, 0) is 37.0 Å². The standard InChI is InChI=1S/C18H25NO4/c1-21-14-5-3-4-13(12-14)6-9-17(20)19-10-11-23-18-15(19)7-8-16(18)22-2/h3-5,12,15-16,18H,6-11H2,1-2H3/t15-,16-,18+/m0/s1. The van der Waals surface area contributed by atoms with Crippen molar-refractivity contribution in [2.75, 3.05) is 27.4 Å². The van der Waals surface area contributed by atoms with Gasteiger partial charge in [0.25, 0.3) is 0 Å². The SMILES string of the molecule is COc1cccc(CCC(=O)N2CCO[C@H]3[C@@H](OC)CC[C@@H]32)c1. The van der Waals surface area contributed by atoms with E-state index in [1.807, 2.05) is 29.2 Å². The Bertz CT molecular complexity index is 548. The van der Waals surface area contributed by atoms with Crippen molar-refractivity contribution in [1.82, 2.24) is 4.90 Å². The van der Waals surface area contributed by atoms with E-state index in [-0.39, 0.29) is 24.2 Å². The molecule has 1 saturated heterocycles. The number of benzene rings is 1. The van der Waals surface area contributed by atoms with Gasteiger partial charge in [-0.15, -0.1) is 0 Å². The van der Waals surface area contributed by atoms with E-state index in [1.54, 1.807) is 14.2 Å². The fourth-order valence-electron chi connectivity index (χ4n) is 3.70. The van der Waals surface area contributed by atoms with Crippen LogP contribution in [-0.2, 0) is 20.7 Å². The summed E-state index contributed by atoms with van der Waals surface area (Å²) >= 11 is 0. The van der Waals surface area contributed by atoms with Gasteiger partial charge in [-0.3, -0.25) is 4.79 Å². The lowest BCUT2D eigenvalue weighted by Gasteiger charge is -2.39. The van der Waals surface area contributed by atoms with Crippen LogP contribution in [0.25, 0.3) is 0 Å². The topological polar surface area (TPSA) is 48.0 Å². The van der Waals surface area contributed by atoms with Crippen LogP contribution in [0.15, 0.2) is 24.3 Å². The number of carbonyl (C=O) groups is 1. The van der Waals surface area contributed by atoms with E-state index in [1.165, 1.54) is 0 Å². The maximum absolute atomic E-state index is 12.7. The lowest BCUT2D eigenvalue weighted by molar-refractivity contribution is -0.149. The summed E-state index contributed by atoms with van der Waals surface area (Å²) in [4.78, 5) is 14.7. The van der Waals surface area contributed by atoms with E-state index in [9.17, 15) is 4.79 Å². The van der Waals surface area contributed by atoms with E-state index in [4.69, 9.17) is 14.2 Å². The maximum Gasteiger partial charge on any atom is 0.223 e. The molecule has 5 nitrogen and oxygen atoms in total. The fraction of sp³-hybridized carbons (Fsp3) is 0.611. The third-order valence-corrected chi connectivity index (χ3v) is 4.92. The van der Waals surface area contributed by atoms with Crippen molar-refractivity contribution in [2.45, 2.75) is 43.9 Å². The number of hydrogen-bond donors (Lipinski definition) is 0. The first-order valence-corrected chi connectivity index (χ1v) is 8.29. The van der Waals surface area contributed by atoms with Gasteiger partial charge >= 0.3 is 0 Å². The molecule has 0 N–H and O–H groups in total. The first-order valence-electron chi connectivity index (χ1n) is 8.29. The van der Waals surface area contributed by atoms with Gasteiger partial charge in [-0.2, -0.15) is 0 Å². The predicted octanol–water partition coefficient (Wildman–Crippen LogP) is 2.03. The number of nitrogens with zero attached hydrogens (tertiary/aromatic N) is 1. The van der Waals surface area contributed by atoms with Crippen LogP contribution in [0.5, 0.6) is 5.75 Å². The Morgan fingerprint density at radius 1 is 1.35 bits per heavy atom. The minimum Gasteiger partial charge on any atom is -0.497 e. The molecule has 0 unspecified atom stereocenters. The highest BCUT2D eigenvalue weighted by Crippen LogP contribution is 2.32. The number of rotatable bonds is 5. The van der Waals surface area contributed by atoms with Crippen molar-refractivity contribution in [3.63, 3.8) is 0 Å². The molecule has 0 radical (unpaired) electrons. The smallest absolute Gasteiger partial charge is 0.223 e. The van der Waals surface area contributed by atoms with E-state index in [2.05, 4.69) is 0 Å². The molecule has 0 bridgehead atoms. The first-order chi connectivity index (χ1) is 11.2. The number of fused-ring (bicyclic) bond motifs is 1. The van der Waals surface area contributed by atoms with Gasteiger partial charge in [0.15, 0.2) is 0 Å². The molecule has 2 aliphatic rings. The second-order valence-electron chi connectivity index (χ2n) is 6.19. The third kappa shape index (κ3) is 3.51. The van der Waals surface area contributed by atoms with Gasteiger partial charge in [-0.25, -0.2) is 0 Å². The summed E-state index contributed by atoms with van der Waals surface area (Å²) < 4.78 is 16.6. The highest BCUT2D eigenvalue weighted by Gasteiger charge is 2.44. The molecule has 1 aliphatic heterocycles. The molecule has 1 heterocycles. The summed E-state index contributed by atoms with van der Waals surface area (Å²) in [7, 11) is 3.38. The minimum absolute atomic E-state index is 0.0366. The van der Waals surface area contributed by atoms with Gasteiger partial charge < -0.3 is 19.1 Å². The van der Waals surface area contributed by atoms with E-state index in [0.717, 1.165) is 30.6 Å². The number of methoxy groups -OCH3 is 2. The molecule has 1 aliphatic carbocycles. The summed E-state index contributed by atoms with van der Waals surface area (Å²) in [5, 5.41) is 0. The molecule has 1 aromatic carbocycles. The second-order valence-corrected chi connectivity index (χ2v) is 6.19. The molecule has 0 spiro atoms. The van der Waals surface area contributed by atoms with Gasteiger partial charge in [-0.1, -0.05) is 12.1 Å². The number of amides is 1. The van der Waals surface area contributed by atoms with Crippen LogP contribution in [0, 0.1) is 0 Å². The number of ether oxygens (including phenoxy) is 3. The van der Waals surface area contributed by atoms with Crippen molar-refractivity contribution in [3.8, 4) is 5.75 Å². The quantitative estimate of drug-likeness (QED) is 0.833. The van der Waals surface area contributed by atoms with Crippen molar-refractivity contribution >= 4 is 5.91 Å². The van der Waals surface area contributed by atoms with E-state index >= 15 is 0 Å². The average Bonchev–Trinajstić information content (AvgIpc) is 3.03. The van der Waals surface area contributed by atoms with Crippen molar-refractivity contribution < 1.29 is 19.0 Å². The normalized spacial score (nSPS) is 26.9. The molecule has 3 rings (SSSR count). The summed E-state index contributed by atoms with van der Waals surface area (Å²) in [5.74, 6) is 1.04. The Morgan fingerprint density at radius 3 is 3.00 bits per heavy atom. The molecule has 3 atom stereocenters. The van der Waals surface area contributed by atoms with Crippen LogP contribution in [0.4, 0.5) is 0 Å². The summed E-state index contributed by atoms with van der Waals surface area (Å²) in [6.45, 7) is 1.29. The minimum atomic E-state index is 0.0366. The van der Waals surface area contributed by atoms with Crippen molar-refractivity contribution in [1.29, 1.82) is 0 Å². The Balaban J connectivity index is 1.59. The molecular formula is C18H25NO4. The predicted molar refractivity (Wildman–Crippen MR) is 86.6 cm³/mol. The Labute approximate surface area is 137 Å². The zero-order valence-corrected chi connectivity index (χ0v) is 13.9. The van der Waals surface area contributed by atoms with Crippen LogP contribution in [0.2, 0.25) is 0 Å². The highest BCUT2D eigenvalue weighted by atomic mass is 16.5. The molecule has 1 aromatic rings. The first kappa shape index (κ1) is 16.3. The zero-order chi connectivity index (χ0) is 16.2. The fourth-order valence-corrected chi connectivity index (χ4v) is 3.70. The highest BCUT2D eigenvalue weighted by molar-refractivity contribution is 5.77. The monoisotopic (exact) mass is 319 g/mol. The van der Waals surface area contributed by atoms with Crippen LogP contribution < -0.4 is 4.74 Å². The average molecular weight is 319 g/mol. The van der Waals surface area contributed by atoms with Crippen LogP contribution in [0.3, 0.4) is 0 Å². The van der Waals surface area contributed by atoms with Gasteiger partial charge in [0.2, 0.25) is 5.91 Å². The lowest BCUT2D eigenvalue weighted by Crippen LogP contribution is -2.53. The lowest BCUT2D eigenvalue weighted by atomic mass is 10.1. The summed E-state index contributed by atoms with van der Waals surface area (Å²) in [5.41, 5.74) is 1.13. The number of carbonyl (C=O) groups excluding carboxylic acids is 1. The molecular weight excluding hydrogens is 294 g/mol. The zero-order valence-electron chi connectivity index (χ0n) is 13.9. The Morgan fingerprint density at radius 2 is 2.22 bits per heavy atom. The van der Waals surface area contributed by atoms with Gasteiger partial charge in [0.05, 0.1) is 25.9 Å². The van der Waals surface area contributed by atoms with Crippen molar-refractivity contribution in [3.05, 3.63) is 29.8 Å². The molecule has 126 valence electrons. The Kier molecular flexibility index (Phi) is 5.18. The molecule has 2 fully saturated rings. The number of morpholine rings is 1. The number of hydrogen-bond acceptors (Lipinski definition) is 4. The van der Waals surface area contributed by atoms with Gasteiger partial charge in [0, 0.05) is 20.1 Å². The molecule has 1 amide bonds. The summed E-state index contributed by atoms with van der Waals surface area (Å²) in [6.07, 6.45) is 3.34. The van der Waals surface area contributed by atoms with Gasteiger partial charge in [0.1, 0.15) is 11.9 Å². The Hall–Kier alpha value is -1.59. The summed E-state index contributed by atoms with van der Waals surface area (Å²) in [6, 6.07) is 8.08. The van der Waals surface area contributed by atoms with E-state index < -0.39 is 0 Å². The van der Waals surface area contributed by atoms with E-state index in [0.29, 0.717) is 19.6 Å². The maximum atomic E-state index is 12.7. The molecule has 23 heavy (non-hydrogen) atoms. The van der Waals surface area contributed by atoms with Crippen molar-refractivity contribution in [2.24, 2.45) is 0 Å².